The van der Waals surface area contributed by atoms with E-state index in [2.05, 4.69) is 15.0 Å². The monoisotopic (exact) mass is 530 g/mol. The molecule has 8 nitrogen and oxygen atoms in total. The van der Waals surface area contributed by atoms with E-state index in [1.165, 1.54) is 41.6 Å². The number of pyridine rings is 1. The first-order chi connectivity index (χ1) is 17.5. The van der Waals surface area contributed by atoms with E-state index in [9.17, 15) is 27.6 Å². The van der Waals surface area contributed by atoms with Gasteiger partial charge in [0.25, 0.3) is 11.8 Å². The predicted molar refractivity (Wildman–Crippen MR) is 129 cm³/mol. The Morgan fingerprint density at radius 3 is 2.43 bits per heavy atom. The Hall–Kier alpha value is -4.12. The van der Waals surface area contributed by atoms with Gasteiger partial charge in [0.05, 0.1) is 33.8 Å². The van der Waals surface area contributed by atoms with Crippen molar-refractivity contribution in [2.45, 2.75) is 25.2 Å². The summed E-state index contributed by atoms with van der Waals surface area (Å²) in [6.07, 6.45) is -1.74. The molecule has 0 radical (unpaired) electrons. The molecule has 12 heteroatoms. The highest BCUT2D eigenvalue weighted by atomic mass is 35.5. The molecule has 1 aliphatic carbocycles. The number of ether oxygens (including phenoxy) is 1. The van der Waals surface area contributed by atoms with Gasteiger partial charge in [-0.1, -0.05) is 30.7 Å². The molecule has 37 heavy (non-hydrogen) atoms. The molecule has 1 saturated carbocycles. The van der Waals surface area contributed by atoms with Gasteiger partial charge in [-0.15, -0.1) is 13.2 Å². The number of nitrogens with one attached hydrogen (secondary N) is 1. The lowest BCUT2D eigenvalue weighted by atomic mass is 10.1. The highest BCUT2D eigenvalue weighted by molar-refractivity contribution is 6.35. The summed E-state index contributed by atoms with van der Waals surface area (Å²) in [5.41, 5.74) is -0.481. The fourth-order valence-corrected chi connectivity index (χ4v) is 4.74. The number of benzene rings is 2. The van der Waals surface area contributed by atoms with Gasteiger partial charge in [0, 0.05) is 6.20 Å². The minimum atomic E-state index is -4.88. The number of nitrogens with zero attached hydrogens (tertiary/aromatic N) is 3. The number of amides is 4. The number of imide groups is 1. The normalized spacial score (nSPS) is 20.9. The van der Waals surface area contributed by atoms with E-state index in [1.807, 2.05) is 6.92 Å². The van der Waals surface area contributed by atoms with Crippen molar-refractivity contribution in [1.82, 2.24) is 4.98 Å². The van der Waals surface area contributed by atoms with E-state index in [1.54, 1.807) is 18.2 Å². The van der Waals surface area contributed by atoms with Gasteiger partial charge in [0.1, 0.15) is 11.3 Å². The molecule has 1 N–H and O–H groups in total. The molecule has 2 aromatic carbocycles. The lowest BCUT2D eigenvalue weighted by molar-refractivity contribution is -0.274. The molecule has 1 spiro atoms. The van der Waals surface area contributed by atoms with Crippen molar-refractivity contribution in [3.63, 3.8) is 0 Å². The Balaban J connectivity index is 1.49. The Kier molecular flexibility index (Phi) is 5.82. The maximum Gasteiger partial charge on any atom is 0.573 e. The van der Waals surface area contributed by atoms with Crippen LogP contribution in [0.4, 0.5) is 35.0 Å². The van der Waals surface area contributed by atoms with Crippen molar-refractivity contribution in [3.8, 4) is 5.75 Å². The molecule has 1 aliphatic heterocycles. The third-order valence-corrected chi connectivity index (χ3v) is 6.69. The molecule has 2 aliphatic rings. The van der Waals surface area contributed by atoms with Crippen molar-refractivity contribution < 1.29 is 32.3 Å². The summed E-state index contributed by atoms with van der Waals surface area (Å²) in [7, 11) is 0. The number of aromatic nitrogens is 1. The second kappa shape index (κ2) is 8.77. The third-order valence-electron chi connectivity index (χ3n) is 6.36. The topological polar surface area (TPSA) is 91.8 Å². The first-order valence-electron chi connectivity index (χ1n) is 11.1. The van der Waals surface area contributed by atoms with E-state index in [0.717, 1.165) is 17.0 Å². The van der Waals surface area contributed by atoms with E-state index < -0.39 is 35.5 Å². The van der Waals surface area contributed by atoms with Crippen molar-refractivity contribution in [2.24, 2.45) is 5.92 Å². The largest absolute Gasteiger partial charge is 0.573 e. The summed E-state index contributed by atoms with van der Waals surface area (Å²) < 4.78 is 41.5. The van der Waals surface area contributed by atoms with Crippen molar-refractivity contribution in [1.29, 1.82) is 0 Å². The van der Waals surface area contributed by atoms with Crippen LogP contribution in [0.2, 0.25) is 5.02 Å². The molecular weight excluding hydrogens is 513 g/mol. The van der Waals surface area contributed by atoms with Crippen LogP contribution in [0.15, 0.2) is 67.0 Å². The Morgan fingerprint density at radius 2 is 1.81 bits per heavy atom. The minimum Gasteiger partial charge on any atom is -0.406 e. The number of hydrogen-bond acceptors (Lipinski definition) is 5. The quantitative estimate of drug-likeness (QED) is 0.431. The van der Waals surface area contributed by atoms with E-state index in [4.69, 9.17) is 11.6 Å². The number of anilines is 3. The molecular formula is C25H18ClF3N4O4. The molecule has 4 amide bonds. The summed E-state index contributed by atoms with van der Waals surface area (Å²) in [6, 6.07) is 11.7. The standard InChI is InChI=1S/C25H18ClF3N4O4/c1-14-12-24(14)22(35)32(15-6-8-16(9-7-15)37-25(27,28)29)23(36)33(24)20-10-11-30-13-19(20)31-21(34)17-4-2-3-5-18(17)26/h2-11,13-14H,12H2,1H3,(H,31,34). The average Bonchev–Trinajstić information content (AvgIpc) is 3.46. The van der Waals surface area contributed by atoms with Crippen LogP contribution in [0.5, 0.6) is 5.75 Å². The number of alkyl halides is 3. The van der Waals surface area contributed by atoms with Crippen molar-refractivity contribution in [3.05, 3.63) is 77.6 Å². The van der Waals surface area contributed by atoms with E-state index >= 15 is 0 Å². The maximum absolute atomic E-state index is 13.7. The molecule has 2 heterocycles. The fraction of sp³-hybridized carbons (Fsp3) is 0.200. The molecule has 0 bridgehead atoms. The van der Waals surface area contributed by atoms with Gasteiger partial charge in [0.15, 0.2) is 0 Å². The Morgan fingerprint density at radius 1 is 1.14 bits per heavy atom. The molecule has 1 saturated heterocycles. The van der Waals surface area contributed by atoms with Crippen LogP contribution in [-0.4, -0.2) is 34.7 Å². The molecule has 3 aromatic rings. The number of halogens is 4. The van der Waals surface area contributed by atoms with Gasteiger partial charge in [-0.3, -0.25) is 19.5 Å². The minimum absolute atomic E-state index is 0.0845. The maximum atomic E-state index is 13.7. The Bertz CT molecular complexity index is 1420. The number of carbonyl (C=O) groups excluding carboxylic acids is 3. The highest BCUT2D eigenvalue weighted by Crippen LogP contribution is 2.56. The molecule has 5 rings (SSSR count). The van der Waals surface area contributed by atoms with Crippen LogP contribution >= 0.6 is 11.6 Å². The molecule has 2 unspecified atom stereocenters. The van der Waals surface area contributed by atoms with Gasteiger partial charge in [-0.2, -0.15) is 0 Å². The lowest BCUT2D eigenvalue weighted by Crippen LogP contribution is -2.39. The van der Waals surface area contributed by atoms with Gasteiger partial charge >= 0.3 is 12.4 Å². The number of rotatable bonds is 5. The van der Waals surface area contributed by atoms with Gasteiger partial charge in [-0.05, 0) is 54.8 Å². The second-order valence-electron chi connectivity index (χ2n) is 8.66. The molecule has 2 fully saturated rings. The number of hydrogen-bond donors (Lipinski definition) is 1. The Labute approximate surface area is 213 Å². The summed E-state index contributed by atoms with van der Waals surface area (Å²) in [5, 5.41) is 2.94. The van der Waals surface area contributed by atoms with Crippen LogP contribution in [0.1, 0.15) is 23.7 Å². The zero-order chi connectivity index (χ0) is 26.5. The first-order valence-corrected chi connectivity index (χ1v) is 11.4. The summed E-state index contributed by atoms with van der Waals surface area (Å²) in [5.74, 6) is -1.75. The zero-order valence-corrected chi connectivity index (χ0v) is 19.9. The highest BCUT2D eigenvalue weighted by Gasteiger charge is 2.70. The summed E-state index contributed by atoms with van der Waals surface area (Å²) >= 11 is 6.14. The average molecular weight is 531 g/mol. The van der Waals surface area contributed by atoms with Crippen LogP contribution in [0.25, 0.3) is 0 Å². The smallest absolute Gasteiger partial charge is 0.406 e. The number of urea groups is 1. The van der Waals surface area contributed by atoms with Crippen LogP contribution in [0.3, 0.4) is 0 Å². The third kappa shape index (κ3) is 4.25. The number of carbonyl (C=O) groups is 3. The van der Waals surface area contributed by atoms with Crippen molar-refractivity contribution in [2.75, 3.05) is 15.1 Å². The first kappa shape index (κ1) is 24.6. The van der Waals surface area contributed by atoms with E-state index in [0.29, 0.717) is 6.42 Å². The lowest BCUT2D eigenvalue weighted by Gasteiger charge is -2.24. The van der Waals surface area contributed by atoms with Crippen LogP contribution < -0.4 is 19.9 Å². The second-order valence-corrected chi connectivity index (χ2v) is 9.06. The van der Waals surface area contributed by atoms with Gasteiger partial charge < -0.3 is 10.1 Å². The summed E-state index contributed by atoms with van der Waals surface area (Å²) in [6.45, 7) is 1.81. The van der Waals surface area contributed by atoms with Crippen molar-refractivity contribution >= 4 is 46.5 Å². The van der Waals surface area contributed by atoms with Crippen LogP contribution in [0, 0.1) is 5.92 Å². The molecule has 2 atom stereocenters. The zero-order valence-electron chi connectivity index (χ0n) is 19.1. The summed E-state index contributed by atoms with van der Waals surface area (Å²) in [4.78, 5) is 46.4. The predicted octanol–water partition coefficient (Wildman–Crippen LogP) is 5.64. The molecule has 190 valence electrons. The van der Waals surface area contributed by atoms with E-state index in [-0.39, 0.29) is 33.6 Å². The fourth-order valence-electron chi connectivity index (χ4n) is 4.52. The molecule has 1 aromatic heterocycles. The van der Waals surface area contributed by atoms with Gasteiger partial charge in [0.2, 0.25) is 0 Å². The van der Waals surface area contributed by atoms with Crippen LogP contribution in [-0.2, 0) is 4.79 Å². The van der Waals surface area contributed by atoms with Gasteiger partial charge in [-0.25, -0.2) is 9.69 Å². The SMILES string of the molecule is CC1CC12C(=O)N(c1ccc(OC(F)(F)F)cc1)C(=O)N2c1ccncc1NC(=O)c1ccccc1Cl.